The van der Waals surface area contributed by atoms with Crippen LogP contribution in [0.2, 0.25) is 5.02 Å². The number of halogens is 1. The number of nitrogens with one attached hydrogen (secondary N) is 1. The normalized spacial score (nSPS) is 11.9. The standard InChI is InChI=1S/C19H17ClN4O2S2/c1-13-4-2-5-14(10-13)18-22-19-24(23-18)16(12-27-19)8-9-21-28(25,26)17-7-3-6-15(20)11-17/h2-7,10-12,21H,8-9H2,1H3. The average molecular weight is 433 g/mol. The van der Waals surface area contributed by atoms with Crippen molar-refractivity contribution in [2.75, 3.05) is 6.54 Å². The van der Waals surface area contributed by atoms with Gasteiger partial charge in [0.05, 0.1) is 10.6 Å². The van der Waals surface area contributed by atoms with Gasteiger partial charge in [0.15, 0.2) is 5.82 Å². The molecule has 0 saturated heterocycles. The van der Waals surface area contributed by atoms with Crippen LogP contribution >= 0.6 is 22.9 Å². The molecule has 9 heteroatoms. The highest BCUT2D eigenvalue weighted by Crippen LogP contribution is 2.22. The van der Waals surface area contributed by atoms with Crippen molar-refractivity contribution in [2.24, 2.45) is 0 Å². The van der Waals surface area contributed by atoms with Gasteiger partial charge >= 0.3 is 0 Å². The van der Waals surface area contributed by atoms with Crippen LogP contribution in [0.3, 0.4) is 0 Å². The molecule has 1 N–H and O–H groups in total. The summed E-state index contributed by atoms with van der Waals surface area (Å²) in [5.41, 5.74) is 3.01. The number of fused-ring (bicyclic) bond motifs is 1. The van der Waals surface area contributed by atoms with Crippen molar-refractivity contribution in [1.29, 1.82) is 0 Å². The third-order valence-electron chi connectivity index (χ3n) is 4.21. The first kappa shape index (κ1) is 19.1. The molecule has 6 nitrogen and oxygen atoms in total. The molecule has 0 aliphatic carbocycles. The Morgan fingerprint density at radius 2 is 2.00 bits per heavy atom. The number of aromatic nitrogens is 3. The van der Waals surface area contributed by atoms with E-state index in [0.29, 0.717) is 17.3 Å². The predicted octanol–water partition coefficient (Wildman–Crippen LogP) is 3.94. The number of benzene rings is 2. The molecule has 0 aliphatic heterocycles. The zero-order chi connectivity index (χ0) is 19.7. The molecule has 0 bridgehead atoms. The maximum absolute atomic E-state index is 12.4. The van der Waals surface area contributed by atoms with Gasteiger partial charge in [-0.1, -0.05) is 41.4 Å². The van der Waals surface area contributed by atoms with E-state index < -0.39 is 10.0 Å². The van der Waals surface area contributed by atoms with E-state index in [1.54, 1.807) is 16.6 Å². The molecule has 0 radical (unpaired) electrons. The Labute approximate surface area is 171 Å². The van der Waals surface area contributed by atoms with Crippen LogP contribution in [0.5, 0.6) is 0 Å². The zero-order valence-electron chi connectivity index (χ0n) is 15.0. The highest BCUT2D eigenvalue weighted by atomic mass is 35.5. The Balaban J connectivity index is 1.50. The van der Waals surface area contributed by atoms with Gasteiger partial charge in [0.1, 0.15) is 0 Å². The number of rotatable bonds is 6. The highest BCUT2D eigenvalue weighted by Gasteiger charge is 2.15. The second kappa shape index (κ2) is 7.63. The number of aryl methyl sites for hydroxylation is 1. The van der Waals surface area contributed by atoms with Crippen LogP contribution in [0.15, 0.2) is 58.8 Å². The van der Waals surface area contributed by atoms with Crippen LogP contribution < -0.4 is 4.72 Å². The van der Waals surface area contributed by atoms with E-state index in [9.17, 15) is 8.42 Å². The lowest BCUT2D eigenvalue weighted by molar-refractivity contribution is 0.581. The molecular formula is C19H17ClN4O2S2. The summed E-state index contributed by atoms with van der Waals surface area (Å²) in [6, 6.07) is 14.2. The van der Waals surface area contributed by atoms with Gasteiger partial charge < -0.3 is 0 Å². The minimum atomic E-state index is -3.61. The van der Waals surface area contributed by atoms with Gasteiger partial charge in [-0.15, -0.1) is 16.4 Å². The smallest absolute Gasteiger partial charge is 0.211 e. The second-order valence-corrected chi connectivity index (χ2v) is 9.37. The first-order chi connectivity index (χ1) is 13.4. The largest absolute Gasteiger partial charge is 0.240 e. The molecule has 4 rings (SSSR count). The van der Waals surface area contributed by atoms with E-state index in [1.807, 2.05) is 36.6 Å². The maximum atomic E-state index is 12.4. The van der Waals surface area contributed by atoms with Gasteiger partial charge in [0, 0.05) is 28.9 Å². The van der Waals surface area contributed by atoms with Crippen molar-refractivity contribution in [3.8, 4) is 11.4 Å². The molecule has 0 amide bonds. The third-order valence-corrected chi connectivity index (χ3v) is 6.76. The van der Waals surface area contributed by atoms with Crippen molar-refractivity contribution >= 4 is 37.9 Å². The number of hydrogen-bond acceptors (Lipinski definition) is 5. The molecule has 0 spiro atoms. The molecule has 0 saturated carbocycles. The Kier molecular flexibility index (Phi) is 5.20. The van der Waals surface area contributed by atoms with Crippen molar-refractivity contribution in [3.05, 3.63) is 70.2 Å². The number of nitrogens with zero attached hydrogens (tertiary/aromatic N) is 3. The maximum Gasteiger partial charge on any atom is 0.240 e. The minimum Gasteiger partial charge on any atom is -0.211 e. The topological polar surface area (TPSA) is 76.4 Å². The Morgan fingerprint density at radius 1 is 1.18 bits per heavy atom. The van der Waals surface area contributed by atoms with Gasteiger partial charge in [-0.05, 0) is 31.2 Å². The summed E-state index contributed by atoms with van der Waals surface area (Å²) in [4.78, 5) is 5.51. The van der Waals surface area contributed by atoms with Crippen LogP contribution in [0.25, 0.3) is 16.3 Å². The van der Waals surface area contributed by atoms with Crippen molar-refractivity contribution in [2.45, 2.75) is 18.2 Å². The quantitative estimate of drug-likeness (QED) is 0.500. The van der Waals surface area contributed by atoms with Gasteiger partial charge in [0.2, 0.25) is 15.0 Å². The van der Waals surface area contributed by atoms with Crippen molar-refractivity contribution in [3.63, 3.8) is 0 Å². The van der Waals surface area contributed by atoms with Crippen LogP contribution in [0, 0.1) is 6.92 Å². The molecular weight excluding hydrogens is 416 g/mol. The summed E-state index contributed by atoms with van der Waals surface area (Å²) < 4.78 is 29.2. The average Bonchev–Trinajstić information content (AvgIpc) is 3.23. The molecule has 2 aromatic heterocycles. The predicted molar refractivity (Wildman–Crippen MR) is 111 cm³/mol. The highest BCUT2D eigenvalue weighted by molar-refractivity contribution is 7.89. The first-order valence-electron chi connectivity index (χ1n) is 8.58. The van der Waals surface area contributed by atoms with E-state index in [0.717, 1.165) is 21.8 Å². The first-order valence-corrected chi connectivity index (χ1v) is 11.3. The molecule has 2 aromatic carbocycles. The lowest BCUT2D eigenvalue weighted by Gasteiger charge is -2.06. The Hall–Kier alpha value is -2.26. The van der Waals surface area contributed by atoms with E-state index in [1.165, 1.54) is 23.5 Å². The van der Waals surface area contributed by atoms with Gasteiger partial charge in [-0.3, -0.25) is 0 Å². The fourth-order valence-electron chi connectivity index (χ4n) is 2.83. The molecule has 0 atom stereocenters. The minimum absolute atomic E-state index is 0.151. The molecule has 144 valence electrons. The number of sulfonamides is 1. The third kappa shape index (κ3) is 3.95. The monoisotopic (exact) mass is 432 g/mol. The van der Waals surface area contributed by atoms with Gasteiger partial charge in [-0.2, -0.15) is 4.98 Å². The zero-order valence-corrected chi connectivity index (χ0v) is 17.4. The molecule has 28 heavy (non-hydrogen) atoms. The van der Waals surface area contributed by atoms with Crippen LogP contribution in [-0.2, 0) is 16.4 Å². The van der Waals surface area contributed by atoms with Gasteiger partial charge in [-0.25, -0.2) is 17.7 Å². The summed E-state index contributed by atoms with van der Waals surface area (Å²) in [6.45, 7) is 2.28. The number of hydrogen-bond donors (Lipinski definition) is 1. The lowest BCUT2D eigenvalue weighted by Crippen LogP contribution is -2.26. The summed E-state index contributed by atoms with van der Waals surface area (Å²) in [5, 5.41) is 6.92. The Morgan fingerprint density at radius 3 is 2.79 bits per heavy atom. The molecule has 4 aromatic rings. The Bertz CT molecular complexity index is 1250. The summed E-state index contributed by atoms with van der Waals surface area (Å²) >= 11 is 7.37. The van der Waals surface area contributed by atoms with Crippen molar-refractivity contribution in [1.82, 2.24) is 19.3 Å². The summed E-state index contributed by atoms with van der Waals surface area (Å²) in [6.07, 6.45) is 0.496. The molecule has 0 unspecified atom stereocenters. The molecule has 2 heterocycles. The van der Waals surface area contributed by atoms with E-state index in [-0.39, 0.29) is 11.4 Å². The van der Waals surface area contributed by atoms with Crippen LogP contribution in [0.1, 0.15) is 11.3 Å². The second-order valence-electron chi connectivity index (χ2n) is 6.33. The fraction of sp³-hybridized carbons (Fsp3) is 0.158. The summed E-state index contributed by atoms with van der Waals surface area (Å²) in [5.74, 6) is 0.663. The molecule has 0 aliphatic rings. The van der Waals surface area contributed by atoms with E-state index in [2.05, 4.69) is 14.8 Å². The fourth-order valence-corrected chi connectivity index (χ4v) is 5.02. The van der Waals surface area contributed by atoms with E-state index >= 15 is 0 Å². The summed E-state index contributed by atoms with van der Waals surface area (Å²) in [7, 11) is -3.61. The molecule has 0 fully saturated rings. The van der Waals surface area contributed by atoms with Crippen LogP contribution in [-0.4, -0.2) is 29.6 Å². The number of thiazole rings is 1. The lowest BCUT2D eigenvalue weighted by atomic mass is 10.1. The van der Waals surface area contributed by atoms with Crippen LogP contribution in [0.4, 0.5) is 0 Å². The van der Waals surface area contributed by atoms with E-state index in [4.69, 9.17) is 11.6 Å². The SMILES string of the molecule is Cc1cccc(-c2nc3scc(CCNS(=O)(=O)c4cccc(Cl)c4)n3n2)c1. The van der Waals surface area contributed by atoms with Gasteiger partial charge in [0.25, 0.3) is 0 Å². The van der Waals surface area contributed by atoms with Crippen molar-refractivity contribution < 1.29 is 8.42 Å².